The first-order valence-corrected chi connectivity index (χ1v) is 7.34. The van der Waals surface area contributed by atoms with E-state index in [1.54, 1.807) is 7.11 Å². The summed E-state index contributed by atoms with van der Waals surface area (Å²) in [5.41, 5.74) is 0. The number of nitrogens with one attached hydrogen (secondary N) is 1. The lowest BCUT2D eigenvalue weighted by Gasteiger charge is -2.17. The van der Waals surface area contributed by atoms with Crippen molar-refractivity contribution in [3.63, 3.8) is 0 Å². The minimum Gasteiger partial charge on any atom is -0.497 e. The fraction of sp³-hybridized carbons (Fsp3) is 0.625. The molecule has 0 aliphatic carbocycles. The van der Waals surface area contributed by atoms with Crippen molar-refractivity contribution in [3.05, 3.63) is 24.3 Å². The van der Waals surface area contributed by atoms with Crippen LogP contribution < -0.4 is 14.8 Å². The van der Waals surface area contributed by atoms with Gasteiger partial charge in [0.25, 0.3) is 0 Å². The first-order valence-electron chi connectivity index (χ1n) is 7.34. The van der Waals surface area contributed by atoms with Crippen LogP contribution in [-0.2, 0) is 0 Å². The number of aliphatic hydroxyl groups is 1. The van der Waals surface area contributed by atoms with Gasteiger partial charge in [-0.15, -0.1) is 0 Å². The van der Waals surface area contributed by atoms with Crippen molar-refractivity contribution >= 4 is 0 Å². The fourth-order valence-corrected chi connectivity index (χ4v) is 1.89. The highest BCUT2D eigenvalue weighted by Crippen LogP contribution is 2.18. The van der Waals surface area contributed by atoms with Crippen molar-refractivity contribution in [1.29, 1.82) is 0 Å². The molecule has 2 unspecified atom stereocenters. The molecule has 0 amide bonds. The number of aliphatic hydroxyl groups excluding tert-OH is 1. The molecule has 0 radical (unpaired) electrons. The number of methoxy groups -OCH3 is 1. The monoisotopic (exact) mass is 281 g/mol. The Balaban J connectivity index is 2.23. The maximum atomic E-state index is 9.89. The van der Waals surface area contributed by atoms with Crippen molar-refractivity contribution in [3.8, 4) is 11.5 Å². The third kappa shape index (κ3) is 6.78. The molecule has 20 heavy (non-hydrogen) atoms. The molecule has 114 valence electrons. The molecule has 2 atom stereocenters. The molecule has 0 bridgehead atoms. The summed E-state index contributed by atoms with van der Waals surface area (Å²) >= 11 is 0. The molecule has 1 aromatic carbocycles. The van der Waals surface area contributed by atoms with Crippen molar-refractivity contribution in [2.24, 2.45) is 0 Å². The van der Waals surface area contributed by atoms with E-state index in [1.165, 1.54) is 12.8 Å². The van der Waals surface area contributed by atoms with E-state index in [0.29, 0.717) is 18.3 Å². The van der Waals surface area contributed by atoms with Crippen LogP contribution in [0, 0.1) is 0 Å². The molecule has 0 saturated heterocycles. The minimum atomic E-state index is -0.509. The second-order valence-corrected chi connectivity index (χ2v) is 5.10. The summed E-state index contributed by atoms with van der Waals surface area (Å²) in [6.07, 6.45) is 3.04. The topological polar surface area (TPSA) is 50.7 Å². The van der Waals surface area contributed by atoms with E-state index >= 15 is 0 Å². The summed E-state index contributed by atoms with van der Waals surface area (Å²) in [6.45, 7) is 5.16. The van der Waals surface area contributed by atoms with E-state index in [-0.39, 0.29) is 6.61 Å². The predicted molar refractivity (Wildman–Crippen MR) is 81.5 cm³/mol. The summed E-state index contributed by atoms with van der Waals surface area (Å²) in [5, 5.41) is 13.2. The second kappa shape index (κ2) is 9.61. The van der Waals surface area contributed by atoms with E-state index in [4.69, 9.17) is 9.47 Å². The molecule has 0 heterocycles. The standard InChI is InChI=1S/C16H27NO3/c1-4-5-7-13(2)17-11-14(18)12-20-16-9-6-8-15(10-16)19-3/h6,8-10,13-14,17-18H,4-5,7,11-12H2,1-3H3. The first-order chi connectivity index (χ1) is 9.65. The number of benzene rings is 1. The Morgan fingerprint density at radius 2 is 2.05 bits per heavy atom. The van der Waals surface area contributed by atoms with Crippen LogP contribution in [0.5, 0.6) is 11.5 Å². The molecule has 0 aliphatic rings. The average Bonchev–Trinajstić information content (AvgIpc) is 2.49. The van der Waals surface area contributed by atoms with Gasteiger partial charge in [0.1, 0.15) is 24.2 Å². The van der Waals surface area contributed by atoms with Crippen LogP contribution >= 0.6 is 0 Å². The van der Waals surface area contributed by atoms with Gasteiger partial charge in [0.15, 0.2) is 0 Å². The summed E-state index contributed by atoms with van der Waals surface area (Å²) in [5.74, 6) is 1.46. The van der Waals surface area contributed by atoms with Crippen LogP contribution in [0.25, 0.3) is 0 Å². The zero-order valence-corrected chi connectivity index (χ0v) is 12.8. The van der Waals surface area contributed by atoms with Gasteiger partial charge in [-0.05, 0) is 25.5 Å². The molecule has 2 N–H and O–H groups in total. The fourth-order valence-electron chi connectivity index (χ4n) is 1.89. The summed E-state index contributed by atoms with van der Waals surface area (Å²) in [7, 11) is 1.62. The Morgan fingerprint density at radius 1 is 1.30 bits per heavy atom. The highest BCUT2D eigenvalue weighted by atomic mass is 16.5. The number of rotatable bonds is 10. The van der Waals surface area contributed by atoms with Crippen molar-refractivity contribution in [2.75, 3.05) is 20.3 Å². The lowest BCUT2D eigenvalue weighted by atomic mass is 10.1. The van der Waals surface area contributed by atoms with E-state index < -0.39 is 6.10 Å². The Hall–Kier alpha value is -1.26. The van der Waals surface area contributed by atoms with Gasteiger partial charge >= 0.3 is 0 Å². The average molecular weight is 281 g/mol. The molecular formula is C16H27NO3. The zero-order valence-electron chi connectivity index (χ0n) is 12.8. The SMILES string of the molecule is CCCCC(C)NCC(O)COc1cccc(OC)c1. The Kier molecular flexibility index (Phi) is 8.07. The van der Waals surface area contributed by atoms with Crippen LogP contribution in [0.2, 0.25) is 0 Å². The van der Waals surface area contributed by atoms with Gasteiger partial charge in [-0.1, -0.05) is 25.8 Å². The minimum absolute atomic E-state index is 0.278. The highest BCUT2D eigenvalue weighted by Gasteiger charge is 2.08. The molecule has 0 aliphatic heterocycles. The molecule has 0 aromatic heterocycles. The molecule has 4 heteroatoms. The van der Waals surface area contributed by atoms with E-state index in [9.17, 15) is 5.11 Å². The number of hydrogen-bond acceptors (Lipinski definition) is 4. The lowest BCUT2D eigenvalue weighted by Crippen LogP contribution is -2.36. The third-order valence-electron chi connectivity index (χ3n) is 3.18. The van der Waals surface area contributed by atoms with E-state index in [0.717, 1.165) is 12.2 Å². The maximum Gasteiger partial charge on any atom is 0.123 e. The van der Waals surface area contributed by atoms with Gasteiger partial charge in [0.05, 0.1) is 7.11 Å². The lowest BCUT2D eigenvalue weighted by molar-refractivity contribution is 0.103. The van der Waals surface area contributed by atoms with Gasteiger partial charge in [-0.25, -0.2) is 0 Å². The van der Waals surface area contributed by atoms with Gasteiger partial charge in [0.2, 0.25) is 0 Å². The third-order valence-corrected chi connectivity index (χ3v) is 3.18. The Morgan fingerprint density at radius 3 is 2.75 bits per heavy atom. The molecule has 0 fully saturated rings. The predicted octanol–water partition coefficient (Wildman–Crippen LogP) is 2.60. The van der Waals surface area contributed by atoms with E-state index in [1.807, 2.05) is 24.3 Å². The molecule has 4 nitrogen and oxygen atoms in total. The smallest absolute Gasteiger partial charge is 0.123 e. The van der Waals surface area contributed by atoms with Crippen LogP contribution in [0.1, 0.15) is 33.1 Å². The molecule has 1 rings (SSSR count). The molecular weight excluding hydrogens is 254 g/mol. The molecule has 1 aromatic rings. The Labute approximate surface area is 122 Å². The van der Waals surface area contributed by atoms with Crippen molar-refractivity contribution in [2.45, 2.75) is 45.3 Å². The second-order valence-electron chi connectivity index (χ2n) is 5.10. The van der Waals surface area contributed by atoms with Crippen molar-refractivity contribution < 1.29 is 14.6 Å². The molecule has 0 spiro atoms. The quantitative estimate of drug-likeness (QED) is 0.692. The molecule has 0 saturated carbocycles. The summed E-state index contributed by atoms with van der Waals surface area (Å²) in [4.78, 5) is 0. The highest BCUT2D eigenvalue weighted by molar-refractivity contribution is 5.32. The van der Waals surface area contributed by atoms with Crippen LogP contribution in [-0.4, -0.2) is 37.5 Å². The summed E-state index contributed by atoms with van der Waals surface area (Å²) < 4.78 is 10.7. The van der Waals surface area contributed by atoms with Crippen molar-refractivity contribution in [1.82, 2.24) is 5.32 Å². The zero-order chi connectivity index (χ0) is 14.8. The van der Waals surface area contributed by atoms with Crippen LogP contribution in [0.15, 0.2) is 24.3 Å². The first kappa shape index (κ1) is 16.8. The number of hydrogen-bond donors (Lipinski definition) is 2. The van der Waals surface area contributed by atoms with E-state index in [2.05, 4.69) is 19.2 Å². The maximum absolute atomic E-state index is 9.89. The van der Waals surface area contributed by atoms with Gasteiger partial charge in [0, 0.05) is 18.7 Å². The van der Waals surface area contributed by atoms with Gasteiger partial charge in [-0.2, -0.15) is 0 Å². The normalized spacial score (nSPS) is 13.8. The largest absolute Gasteiger partial charge is 0.497 e. The van der Waals surface area contributed by atoms with Gasteiger partial charge in [-0.3, -0.25) is 0 Å². The summed E-state index contributed by atoms with van der Waals surface area (Å²) in [6, 6.07) is 7.82. The number of unbranched alkanes of at least 4 members (excludes halogenated alkanes) is 1. The van der Waals surface area contributed by atoms with Crippen LogP contribution in [0.3, 0.4) is 0 Å². The number of ether oxygens (including phenoxy) is 2. The van der Waals surface area contributed by atoms with Crippen LogP contribution in [0.4, 0.5) is 0 Å². The van der Waals surface area contributed by atoms with Gasteiger partial charge < -0.3 is 19.9 Å². The Bertz CT molecular complexity index is 370.